The smallest absolute Gasteiger partial charge is 0.244 e. The lowest BCUT2D eigenvalue weighted by molar-refractivity contribution is -0.116. The number of allylic oxidation sites excluding steroid dienone is 3. The number of aliphatic hydroxyl groups is 1. The third-order valence-corrected chi connectivity index (χ3v) is 1.12. The first-order valence-electron chi connectivity index (χ1n) is 3.92. The van der Waals surface area contributed by atoms with Crippen molar-refractivity contribution in [1.29, 1.82) is 0 Å². The molecule has 2 N–H and O–H groups in total. The van der Waals surface area contributed by atoms with Gasteiger partial charge < -0.3 is 10.4 Å². The van der Waals surface area contributed by atoms with Gasteiger partial charge in [-0.25, -0.2) is 0 Å². The molecule has 0 bridgehead atoms. The summed E-state index contributed by atoms with van der Waals surface area (Å²) in [5.74, 6) is -0.186. The summed E-state index contributed by atoms with van der Waals surface area (Å²) >= 11 is 0. The van der Waals surface area contributed by atoms with Gasteiger partial charge in [-0.1, -0.05) is 18.2 Å². The first kappa shape index (κ1) is 10.9. The van der Waals surface area contributed by atoms with Crippen LogP contribution in [0.25, 0.3) is 0 Å². The van der Waals surface area contributed by atoms with E-state index in [9.17, 15) is 4.79 Å². The molecule has 0 aliphatic heterocycles. The molecule has 0 saturated carbocycles. The Morgan fingerprint density at radius 2 is 2.25 bits per heavy atom. The summed E-state index contributed by atoms with van der Waals surface area (Å²) in [4.78, 5) is 10.9. The zero-order valence-electron chi connectivity index (χ0n) is 7.45. The Hall–Kier alpha value is -1.09. The standard InChI is InChI=1S/C9H15NO2/c1-3-4-5-6-9(12)10-7-8(2)11/h3-6,8,11H,7H2,1-2H3,(H,10,12)/t8-/m1/s1. The molecule has 0 unspecified atom stereocenters. The summed E-state index contributed by atoms with van der Waals surface area (Å²) in [6.45, 7) is 3.78. The number of carbonyl (C=O) groups is 1. The molecule has 3 heteroatoms. The average Bonchev–Trinajstić information content (AvgIpc) is 2.01. The van der Waals surface area contributed by atoms with Crippen molar-refractivity contribution in [1.82, 2.24) is 5.32 Å². The molecule has 3 nitrogen and oxygen atoms in total. The van der Waals surface area contributed by atoms with E-state index in [4.69, 9.17) is 5.11 Å². The van der Waals surface area contributed by atoms with Crippen LogP contribution in [0.2, 0.25) is 0 Å². The molecule has 0 aromatic carbocycles. The quantitative estimate of drug-likeness (QED) is 0.478. The molecule has 0 aromatic rings. The number of rotatable bonds is 4. The molecule has 0 heterocycles. The van der Waals surface area contributed by atoms with Gasteiger partial charge in [0.05, 0.1) is 6.10 Å². The molecule has 1 atom stereocenters. The molecule has 12 heavy (non-hydrogen) atoms. The first-order valence-corrected chi connectivity index (χ1v) is 3.92. The molecular weight excluding hydrogens is 154 g/mol. The van der Waals surface area contributed by atoms with E-state index < -0.39 is 6.10 Å². The highest BCUT2D eigenvalue weighted by Gasteiger charge is 1.96. The van der Waals surface area contributed by atoms with Crippen LogP contribution in [-0.2, 0) is 4.79 Å². The van der Waals surface area contributed by atoms with Gasteiger partial charge in [0.1, 0.15) is 0 Å². The van der Waals surface area contributed by atoms with E-state index in [1.54, 1.807) is 19.1 Å². The van der Waals surface area contributed by atoms with Crippen LogP contribution in [0.15, 0.2) is 24.3 Å². The van der Waals surface area contributed by atoms with Crippen molar-refractivity contribution in [2.75, 3.05) is 6.54 Å². The lowest BCUT2D eigenvalue weighted by Gasteiger charge is -2.03. The number of hydrogen-bond donors (Lipinski definition) is 2. The fraction of sp³-hybridized carbons (Fsp3) is 0.444. The molecule has 0 aromatic heterocycles. The van der Waals surface area contributed by atoms with Crippen LogP contribution >= 0.6 is 0 Å². The van der Waals surface area contributed by atoms with Crippen molar-refractivity contribution in [3.63, 3.8) is 0 Å². The van der Waals surface area contributed by atoms with Gasteiger partial charge in [0, 0.05) is 12.6 Å². The Bertz CT molecular complexity index is 183. The normalized spacial score (nSPS) is 13.9. The Morgan fingerprint density at radius 1 is 1.58 bits per heavy atom. The van der Waals surface area contributed by atoms with Gasteiger partial charge in [0.15, 0.2) is 0 Å². The predicted octanol–water partition coefficient (Wildman–Crippen LogP) is 0.616. The van der Waals surface area contributed by atoms with E-state index in [2.05, 4.69) is 5.32 Å². The predicted molar refractivity (Wildman–Crippen MR) is 48.6 cm³/mol. The van der Waals surface area contributed by atoms with Gasteiger partial charge in [-0.2, -0.15) is 0 Å². The molecule has 0 saturated heterocycles. The first-order chi connectivity index (χ1) is 5.66. The second-order valence-corrected chi connectivity index (χ2v) is 2.48. The van der Waals surface area contributed by atoms with E-state index >= 15 is 0 Å². The summed E-state index contributed by atoms with van der Waals surface area (Å²) in [6, 6.07) is 0. The highest BCUT2D eigenvalue weighted by molar-refractivity contribution is 5.87. The van der Waals surface area contributed by atoms with Crippen LogP contribution in [-0.4, -0.2) is 23.7 Å². The molecular formula is C9H15NO2. The number of carbonyl (C=O) groups excluding carboxylic acids is 1. The molecule has 68 valence electrons. The lowest BCUT2D eigenvalue weighted by Crippen LogP contribution is -2.28. The van der Waals surface area contributed by atoms with Crippen molar-refractivity contribution < 1.29 is 9.90 Å². The Kier molecular flexibility index (Phi) is 6.01. The maximum atomic E-state index is 10.9. The maximum absolute atomic E-state index is 10.9. The number of hydrogen-bond acceptors (Lipinski definition) is 2. The summed E-state index contributed by atoms with van der Waals surface area (Å²) in [6.07, 6.45) is 6.17. The third-order valence-electron chi connectivity index (χ3n) is 1.12. The van der Waals surface area contributed by atoms with Crippen molar-refractivity contribution in [3.8, 4) is 0 Å². The van der Waals surface area contributed by atoms with Crippen molar-refractivity contribution in [2.24, 2.45) is 0 Å². The highest BCUT2D eigenvalue weighted by atomic mass is 16.3. The Morgan fingerprint density at radius 3 is 2.75 bits per heavy atom. The lowest BCUT2D eigenvalue weighted by atomic mass is 10.4. The molecule has 1 amide bonds. The Labute approximate surface area is 72.8 Å². The van der Waals surface area contributed by atoms with Gasteiger partial charge >= 0.3 is 0 Å². The monoisotopic (exact) mass is 169 g/mol. The zero-order chi connectivity index (χ0) is 9.40. The van der Waals surface area contributed by atoms with Crippen LogP contribution in [0.3, 0.4) is 0 Å². The van der Waals surface area contributed by atoms with E-state index in [0.717, 1.165) is 0 Å². The van der Waals surface area contributed by atoms with Crippen molar-refractivity contribution >= 4 is 5.91 Å². The average molecular weight is 169 g/mol. The summed E-state index contributed by atoms with van der Waals surface area (Å²) in [5.41, 5.74) is 0. The second-order valence-electron chi connectivity index (χ2n) is 2.48. The maximum Gasteiger partial charge on any atom is 0.244 e. The van der Waals surface area contributed by atoms with Crippen molar-refractivity contribution in [2.45, 2.75) is 20.0 Å². The highest BCUT2D eigenvalue weighted by Crippen LogP contribution is 1.79. The largest absolute Gasteiger partial charge is 0.392 e. The summed E-state index contributed by atoms with van der Waals surface area (Å²) in [5, 5.41) is 11.4. The van der Waals surface area contributed by atoms with Crippen LogP contribution < -0.4 is 5.32 Å². The molecule has 0 rings (SSSR count). The number of amides is 1. The minimum absolute atomic E-state index is 0.186. The minimum atomic E-state index is -0.496. The van der Waals surface area contributed by atoms with E-state index in [1.165, 1.54) is 6.08 Å². The molecule has 0 aliphatic rings. The topological polar surface area (TPSA) is 49.3 Å². The van der Waals surface area contributed by atoms with E-state index in [1.807, 2.05) is 13.0 Å². The number of aliphatic hydroxyl groups excluding tert-OH is 1. The molecule has 0 radical (unpaired) electrons. The van der Waals surface area contributed by atoms with Crippen LogP contribution in [0.1, 0.15) is 13.8 Å². The van der Waals surface area contributed by atoms with E-state index in [0.29, 0.717) is 6.54 Å². The SMILES string of the molecule is CC=CC=CC(=O)NC[C@@H](C)O. The van der Waals surface area contributed by atoms with Crippen LogP contribution in [0.5, 0.6) is 0 Å². The summed E-state index contributed by atoms with van der Waals surface area (Å²) < 4.78 is 0. The van der Waals surface area contributed by atoms with Crippen LogP contribution in [0, 0.1) is 0 Å². The molecule has 0 fully saturated rings. The van der Waals surface area contributed by atoms with Gasteiger partial charge in [-0.05, 0) is 13.8 Å². The zero-order valence-corrected chi connectivity index (χ0v) is 7.45. The Balaban J connectivity index is 3.59. The fourth-order valence-corrected chi connectivity index (χ4v) is 0.561. The third kappa shape index (κ3) is 7.02. The van der Waals surface area contributed by atoms with Gasteiger partial charge in [0.2, 0.25) is 5.91 Å². The van der Waals surface area contributed by atoms with Crippen molar-refractivity contribution in [3.05, 3.63) is 24.3 Å². The molecule has 0 aliphatic carbocycles. The summed E-state index contributed by atoms with van der Waals surface area (Å²) in [7, 11) is 0. The van der Waals surface area contributed by atoms with E-state index in [-0.39, 0.29) is 5.91 Å². The second kappa shape index (κ2) is 6.61. The minimum Gasteiger partial charge on any atom is -0.392 e. The molecule has 0 spiro atoms. The van der Waals surface area contributed by atoms with Crippen LogP contribution in [0.4, 0.5) is 0 Å². The number of nitrogens with one attached hydrogen (secondary N) is 1. The fourth-order valence-electron chi connectivity index (χ4n) is 0.561. The van der Waals surface area contributed by atoms with Gasteiger partial charge in [0.25, 0.3) is 0 Å². The van der Waals surface area contributed by atoms with Gasteiger partial charge in [-0.15, -0.1) is 0 Å². The van der Waals surface area contributed by atoms with Gasteiger partial charge in [-0.3, -0.25) is 4.79 Å².